The summed E-state index contributed by atoms with van der Waals surface area (Å²) < 4.78 is 22.1. The molecule has 0 fully saturated rings. The molecule has 0 heterocycles. The Morgan fingerprint density at radius 3 is 1.28 bits per heavy atom. The minimum Gasteiger partial charge on any atom is -0.505 e. The van der Waals surface area contributed by atoms with Gasteiger partial charge in [-0.25, -0.2) is 9.59 Å². The van der Waals surface area contributed by atoms with E-state index in [4.69, 9.17) is 18.9 Å². The number of esters is 2. The van der Waals surface area contributed by atoms with E-state index >= 15 is 0 Å². The van der Waals surface area contributed by atoms with Crippen LogP contribution in [0.25, 0.3) is 11.5 Å². The second kappa shape index (κ2) is 19.5. The Morgan fingerprint density at radius 2 is 0.900 bits per heavy atom. The molecule has 4 aromatic carbocycles. The standard InChI is InChI=1S/C38H38N4O8/c1-3-47-37(45)33(35(43)27-17-7-5-8-18-27)41-39-29-21-11-13-23-31(29)49-25-15-16-26-50-32-24-14-12-22-30(32)40-42-34(38(46)48-4-2)36(44)28-19-9-6-10-20-28/h5-14,17-24,43-44H,3-4,15-16,25-26H2,1-2H3/b35-33-,36-34-,41-39?,42-40?. The lowest BCUT2D eigenvalue weighted by atomic mass is 10.1. The van der Waals surface area contributed by atoms with E-state index in [1.165, 1.54) is 0 Å². The summed E-state index contributed by atoms with van der Waals surface area (Å²) in [6.45, 7) is 4.19. The zero-order valence-corrected chi connectivity index (χ0v) is 27.8. The van der Waals surface area contributed by atoms with Crippen molar-refractivity contribution in [1.82, 2.24) is 0 Å². The summed E-state index contributed by atoms with van der Waals surface area (Å²) >= 11 is 0. The predicted octanol–water partition coefficient (Wildman–Crippen LogP) is 9.07. The van der Waals surface area contributed by atoms with Gasteiger partial charge in [-0.05, 0) is 51.0 Å². The first-order valence-corrected chi connectivity index (χ1v) is 16.0. The summed E-state index contributed by atoms with van der Waals surface area (Å²) in [5, 5.41) is 38.0. The van der Waals surface area contributed by atoms with Gasteiger partial charge in [0.1, 0.15) is 22.9 Å². The maximum absolute atomic E-state index is 12.6. The van der Waals surface area contributed by atoms with E-state index in [1.807, 2.05) is 0 Å². The van der Waals surface area contributed by atoms with Gasteiger partial charge in [0, 0.05) is 11.1 Å². The topological polar surface area (TPSA) is 161 Å². The molecule has 12 heteroatoms. The summed E-state index contributed by atoms with van der Waals surface area (Å²) in [6, 6.07) is 31.0. The third-order valence-electron chi connectivity index (χ3n) is 6.78. The van der Waals surface area contributed by atoms with E-state index in [9.17, 15) is 19.8 Å². The fourth-order valence-electron chi connectivity index (χ4n) is 4.33. The van der Waals surface area contributed by atoms with Gasteiger partial charge in [-0.2, -0.15) is 0 Å². The van der Waals surface area contributed by atoms with E-state index in [0.717, 1.165) is 0 Å². The molecule has 50 heavy (non-hydrogen) atoms. The van der Waals surface area contributed by atoms with Crippen LogP contribution >= 0.6 is 0 Å². The molecule has 0 aliphatic heterocycles. The molecule has 0 spiro atoms. The monoisotopic (exact) mass is 678 g/mol. The SMILES string of the molecule is CCOC(=O)/C(N=Nc1ccccc1OCCCCOc1ccccc1N=N/C(C(=O)OCC)=C(\O)c1ccccc1)=C(/O)c1ccccc1. The molecular formula is C38H38N4O8. The van der Waals surface area contributed by atoms with Crippen molar-refractivity contribution in [2.45, 2.75) is 26.7 Å². The molecule has 0 aromatic heterocycles. The molecule has 4 rings (SSSR count). The molecule has 0 bridgehead atoms. The molecule has 0 saturated heterocycles. The first kappa shape index (κ1) is 36.5. The lowest BCUT2D eigenvalue weighted by Gasteiger charge is -2.10. The molecular weight excluding hydrogens is 640 g/mol. The summed E-state index contributed by atoms with van der Waals surface area (Å²) in [6.07, 6.45) is 1.25. The number of azo groups is 2. The summed E-state index contributed by atoms with van der Waals surface area (Å²) in [5.41, 5.74) is 0.859. The predicted molar refractivity (Wildman–Crippen MR) is 187 cm³/mol. The Morgan fingerprint density at radius 1 is 0.540 bits per heavy atom. The van der Waals surface area contributed by atoms with Crippen LogP contribution in [0.3, 0.4) is 0 Å². The van der Waals surface area contributed by atoms with E-state index in [2.05, 4.69) is 20.5 Å². The van der Waals surface area contributed by atoms with Crippen molar-refractivity contribution >= 4 is 34.8 Å². The normalized spacial score (nSPS) is 12.3. The van der Waals surface area contributed by atoms with Gasteiger partial charge in [0.25, 0.3) is 0 Å². The van der Waals surface area contributed by atoms with Crippen molar-refractivity contribution < 1.29 is 38.7 Å². The van der Waals surface area contributed by atoms with Gasteiger partial charge < -0.3 is 29.2 Å². The lowest BCUT2D eigenvalue weighted by Crippen LogP contribution is -2.08. The molecule has 0 unspecified atom stereocenters. The second-order valence-corrected chi connectivity index (χ2v) is 10.3. The fourth-order valence-corrected chi connectivity index (χ4v) is 4.33. The number of hydrogen-bond acceptors (Lipinski definition) is 12. The van der Waals surface area contributed by atoms with Gasteiger partial charge in [0.05, 0.1) is 26.4 Å². The van der Waals surface area contributed by atoms with Gasteiger partial charge in [-0.3, -0.25) is 0 Å². The van der Waals surface area contributed by atoms with E-state index in [0.29, 0.717) is 60.1 Å². The number of carbonyl (C=O) groups excluding carboxylic acids is 2. The largest absolute Gasteiger partial charge is 0.505 e. The highest BCUT2D eigenvalue weighted by Crippen LogP contribution is 2.31. The number of ether oxygens (including phenoxy) is 4. The van der Waals surface area contributed by atoms with Crippen LogP contribution in [-0.2, 0) is 19.1 Å². The summed E-state index contributed by atoms with van der Waals surface area (Å²) in [4.78, 5) is 25.2. The van der Waals surface area contributed by atoms with Crippen LogP contribution in [0.1, 0.15) is 37.8 Å². The quantitative estimate of drug-likeness (QED) is 0.0367. The maximum Gasteiger partial charge on any atom is 0.362 e. The second-order valence-electron chi connectivity index (χ2n) is 10.3. The van der Waals surface area contributed by atoms with Crippen LogP contribution in [0.5, 0.6) is 11.5 Å². The fraction of sp³-hybridized carbons (Fsp3) is 0.211. The molecule has 0 saturated carbocycles. The molecule has 0 amide bonds. The molecule has 258 valence electrons. The molecule has 0 aliphatic carbocycles. The number of carbonyl (C=O) groups is 2. The number of rotatable bonds is 17. The highest BCUT2D eigenvalue weighted by Gasteiger charge is 2.20. The Hall–Kier alpha value is -6.30. The molecule has 2 N–H and O–H groups in total. The molecule has 0 aliphatic rings. The smallest absolute Gasteiger partial charge is 0.362 e. The molecule has 0 atom stereocenters. The highest BCUT2D eigenvalue weighted by atomic mass is 16.5. The number of aliphatic hydroxyl groups is 2. The van der Waals surface area contributed by atoms with Gasteiger partial charge in [0.2, 0.25) is 11.4 Å². The maximum atomic E-state index is 12.6. The average Bonchev–Trinajstić information content (AvgIpc) is 3.15. The third-order valence-corrected chi connectivity index (χ3v) is 6.78. The van der Waals surface area contributed by atoms with Gasteiger partial charge >= 0.3 is 11.9 Å². The van der Waals surface area contributed by atoms with E-state index in [-0.39, 0.29) is 36.1 Å². The number of para-hydroxylation sites is 2. The Balaban J connectivity index is 1.37. The van der Waals surface area contributed by atoms with Crippen LogP contribution in [0.15, 0.2) is 141 Å². The first-order valence-electron chi connectivity index (χ1n) is 16.0. The number of nitrogens with zero attached hydrogens (tertiary/aromatic N) is 4. The average molecular weight is 679 g/mol. The van der Waals surface area contributed by atoms with Gasteiger partial charge in [0.15, 0.2) is 11.5 Å². The number of hydrogen-bond donors (Lipinski definition) is 2. The van der Waals surface area contributed by atoms with Crippen molar-refractivity contribution in [3.8, 4) is 11.5 Å². The van der Waals surface area contributed by atoms with Gasteiger partial charge in [-0.1, -0.05) is 84.9 Å². The van der Waals surface area contributed by atoms with Gasteiger partial charge in [-0.15, -0.1) is 20.5 Å². The first-order chi connectivity index (χ1) is 24.4. The minimum absolute atomic E-state index is 0.103. The Labute approximate surface area is 290 Å². The third kappa shape index (κ3) is 10.6. The zero-order chi connectivity index (χ0) is 35.6. The van der Waals surface area contributed by atoms with Crippen LogP contribution < -0.4 is 9.47 Å². The van der Waals surface area contributed by atoms with Crippen LogP contribution in [0.2, 0.25) is 0 Å². The lowest BCUT2D eigenvalue weighted by molar-refractivity contribution is -0.139. The molecule has 12 nitrogen and oxygen atoms in total. The van der Waals surface area contributed by atoms with Crippen molar-refractivity contribution in [3.05, 3.63) is 132 Å². The zero-order valence-electron chi connectivity index (χ0n) is 27.8. The van der Waals surface area contributed by atoms with E-state index < -0.39 is 11.9 Å². The minimum atomic E-state index is -0.805. The van der Waals surface area contributed by atoms with Crippen LogP contribution in [0, 0.1) is 0 Å². The highest BCUT2D eigenvalue weighted by molar-refractivity contribution is 5.96. The summed E-state index contributed by atoms with van der Waals surface area (Å²) in [7, 11) is 0. The van der Waals surface area contributed by atoms with Crippen LogP contribution in [0.4, 0.5) is 11.4 Å². The summed E-state index contributed by atoms with van der Waals surface area (Å²) in [5.74, 6) is -1.43. The van der Waals surface area contributed by atoms with Crippen LogP contribution in [-0.4, -0.2) is 48.6 Å². The Kier molecular flexibility index (Phi) is 14.3. The van der Waals surface area contributed by atoms with E-state index in [1.54, 1.807) is 123 Å². The molecule has 4 aromatic rings. The Bertz CT molecular complexity index is 1710. The number of unbranched alkanes of at least 4 members (excludes halogenated alkanes) is 1. The van der Waals surface area contributed by atoms with Crippen molar-refractivity contribution in [2.75, 3.05) is 26.4 Å². The van der Waals surface area contributed by atoms with Crippen molar-refractivity contribution in [3.63, 3.8) is 0 Å². The molecule has 0 radical (unpaired) electrons. The number of benzene rings is 4. The van der Waals surface area contributed by atoms with Crippen molar-refractivity contribution in [1.29, 1.82) is 0 Å². The van der Waals surface area contributed by atoms with Crippen molar-refractivity contribution in [2.24, 2.45) is 20.5 Å². The number of aliphatic hydroxyl groups excluding tert-OH is 2.